The number of esters is 3. The molecule has 6 aliphatic rings. The zero-order chi connectivity index (χ0) is 34.9. The second kappa shape index (κ2) is 10.6. The van der Waals surface area contributed by atoms with E-state index < -0.39 is 112 Å². The van der Waals surface area contributed by atoms with Crippen LogP contribution < -0.4 is 0 Å². The predicted octanol–water partition coefficient (Wildman–Crippen LogP) is 2.03. The third-order valence-corrected chi connectivity index (χ3v) is 13.9. The lowest BCUT2D eigenvalue weighted by Crippen LogP contribution is -2.84. The fourth-order valence-electron chi connectivity index (χ4n) is 11.5. The molecule has 4 saturated carbocycles. The summed E-state index contributed by atoms with van der Waals surface area (Å²) in [7, 11) is 0. The lowest BCUT2D eigenvalue weighted by Gasteiger charge is -2.73. The summed E-state index contributed by atoms with van der Waals surface area (Å²) in [6, 6.07) is 1.80. The highest BCUT2D eigenvalue weighted by Gasteiger charge is 2.92. The lowest BCUT2D eigenvalue weighted by molar-refractivity contribution is -0.391. The zero-order valence-electron chi connectivity index (χ0n) is 28.3. The molecular weight excluding hydrogens is 628 g/mol. The highest BCUT2D eigenvalue weighted by molar-refractivity contribution is 5.91. The van der Waals surface area contributed by atoms with Gasteiger partial charge in [0.25, 0.3) is 0 Å². The second-order valence-electron chi connectivity index (χ2n) is 15.7. The van der Waals surface area contributed by atoms with Crippen molar-refractivity contribution in [3.05, 3.63) is 24.2 Å². The van der Waals surface area contributed by atoms with Gasteiger partial charge in [-0.2, -0.15) is 0 Å². The Bertz CT molecular complexity index is 1530. The van der Waals surface area contributed by atoms with Gasteiger partial charge in [0.15, 0.2) is 11.9 Å². The lowest BCUT2D eigenvalue weighted by atomic mass is 9.33. The Hall–Kier alpha value is -2.84. The average molecular weight is 675 g/mol. The van der Waals surface area contributed by atoms with Crippen LogP contribution in [0.3, 0.4) is 0 Å². The van der Waals surface area contributed by atoms with Gasteiger partial charge in [0.1, 0.15) is 23.9 Å². The summed E-state index contributed by atoms with van der Waals surface area (Å²) in [5.41, 5.74) is -6.07. The Morgan fingerprint density at radius 3 is 2.31 bits per heavy atom. The third kappa shape index (κ3) is 3.74. The third-order valence-electron chi connectivity index (χ3n) is 13.9. The van der Waals surface area contributed by atoms with Gasteiger partial charge in [0.2, 0.25) is 6.29 Å². The van der Waals surface area contributed by atoms with Gasteiger partial charge in [0, 0.05) is 41.9 Å². The number of hydrogen-bond acceptors (Lipinski definition) is 13. The second-order valence-corrected chi connectivity index (χ2v) is 15.7. The van der Waals surface area contributed by atoms with E-state index in [9.17, 15) is 29.7 Å². The fraction of sp³-hybridized carbons (Fsp3) is 0.771. The first kappa shape index (κ1) is 33.6. The van der Waals surface area contributed by atoms with Crippen LogP contribution in [0.1, 0.15) is 79.2 Å². The van der Waals surface area contributed by atoms with E-state index in [1.54, 1.807) is 33.1 Å². The molecule has 13 heteroatoms. The van der Waals surface area contributed by atoms with Crippen molar-refractivity contribution in [1.82, 2.24) is 0 Å². The van der Waals surface area contributed by atoms with Crippen LogP contribution in [0.2, 0.25) is 0 Å². The highest BCUT2D eigenvalue weighted by atomic mass is 16.7. The topological polar surface area (TPSA) is 192 Å². The maximum Gasteiger partial charge on any atom is 0.310 e. The van der Waals surface area contributed by atoms with Crippen molar-refractivity contribution in [2.24, 2.45) is 39.4 Å². The molecule has 2 bridgehead atoms. The van der Waals surface area contributed by atoms with Gasteiger partial charge in [-0.3, -0.25) is 19.2 Å². The first-order valence-corrected chi connectivity index (χ1v) is 16.9. The number of ether oxygens (including phenoxy) is 5. The molecule has 16 unspecified atom stereocenters. The van der Waals surface area contributed by atoms with E-state index in [4.69, 9.17) is 28.1 Å². The summed E-state index contributed by atoms with van der Waals surface area (Å²) in [5.74, 6) is -5.68. The van der Waals surface area contributed by atoms with Gasteiger partial charge >= 0.3 is 17.9 Å². The largest absolute Gasteiger partial charge is 0.472 e. The van der Waals surface area contributed by atoms with Crippen molar-refractivity contribution in [3.63, 3.8) is 0 Å². The molecule has 2 saturated heterocycles. The Labute approximate surface area is 278 Å². The molecule has 2 aliphatic heterocycles. The van der Waals surface area contributed by atoms with E-state index >= 15 is 4.79 Å². The molecule has 0 aromatic carbocycles. The zero-order valence-corrected chi connectivity index (χ0v) is 28.3. The van der Waals surface area contributed by atoms with Crippen molar-refractivity contribution < 1.29 is 62.6 Å². The monoisotopic (exact) mass is 674 g/mol. The van der Waals surface area contributed by atoms with Crippen LogP contribution in [0, 0.1) is 39.4 Å². The molecule has 16 atom stereocenters. The maximum absolute atomic E-state index is 15.1. The van der Waals surface area contributed by atoms with Gasteiger partial charge in [-0.15, -0.1) is 0 Å². The number of aliphatic hydroxyl groups excluding tert-OH is 3. The quantitative estimate of drug-likeness (QED) is 0.226. The van der Waals surface area contributed by atoms with Crippen molar-refractivity contribution in [2.75, 3.05) is 6.61 Å². The van der Waals surface area contributed by atoms with Crippen molar-refractivity contribution in [3.8, 4) is 0 Å². The Morgan fingerprint density at radius 2 is 1.71 bits per heavy atom. The van der Waals surface area contributed by atoms with E-state index in [1.165, 1.54) is 13.2 Å². The van der Waals surface area contributed by atoms with E-state index in [2.05, 4.69) is 0 Å². The van der Waals surface area contributed by atoms with E-state index in [1.807, 2.05) is 13.8 Å². The average Bonchev–Trinajstić information content (AvgIpc) is 3.39. The smallest absolute Gasteiger partial charge is 0.310 e. The van der Waals surface area contributed by atoms with E-state index in [0.717, 1.165) is 12.5 Å². The van der Waals surface area contributed by atoms with Crippen LogP contribution in [0.25, 0.3) is 0 Å². The van der Waals surface area contributed by atoms with Gasteiger partial charge in [-0.25, -0.2) is 0 Å². The predicted molar refractivity (Wildman–Crippen MR) is 161 cm³/mol. The highest BCUT2D eigenvalue weighted by Crippen LogP contribution is 2.82. The molecule has 1 aromatic rings. The van der Waals surface area contributed by atoms with Crippen LogP contribution in [-0.2, 0) is 42.9 Å². The molecule has 0 radical (unpaired) electrons. The van der Waals surface area contributed by atoms with Gasteiger partial charge in [-0.1, -0.05) is 34.6 Å². The summed E-state index contributed by atoms with van der Waals surface area (Å²) >= 11 is 0. The minimum absolute atomic E-state index is 0.0283. The number of furan rings is 1. The molecule has 264 valence electrons. The molecular formula is C35H46O13. The van der Waals surface area contributed by atoms with Crippen molar-refractivity contribution >= 4 is 23.7 Å². The number of ketones is 1. The molecule has 1 spiro atoms. The van der Waals surface area contributed by atoms with Crippen LogP contribution in [-0.4, -0.2) is 94.1 Å². The normalized spacial score (nSPS) is 50.6. The van der Waals surface area contributed by atoms with Crippen LogP contribution in [0.15, 0.2) is 23.0 Å². The van der Waals surface area contributed by atoms with Crippen LogP contribution >= 0.6 is 0 Å². The summed E-state index contributed by atoms with van der Waals surface area (Å²) < 4.78 is 36.0. The first-order chi connectivity index (χ1) is 22.5. The van der Waals surface area contributed by atoms with Gasteiger partial charge in [0.05, 0.1) is 42.7 Å². The summed E-state index contributed by atoms with van der Waals surface area (Å²) in [4.78, 5) is 53.7. The Morgan fingerprint density at radius 1 is 1.02 bits per heavy atom. The molecule has 13 nitrogen and oxygen atoms in total. The molecule has 3 heterocycles. The first-order valence-electron chi connectivity index (χ1n) is 16.9. The molecule has 4 aliphatic carbocycles. The minimum atomic E-state index is -1.62. The standard InChI is InChI=1S/C35H46O13/c1-8-15(2)29(42)47-30-31(5)20-12-21(38)33(7)25(34(20,14-44-30)28(46-17(4)37)24(27(31)41)45-16(3)36)23(39)26(40)32(6)19(18-9-10-43-13-18)11-22-35(32,33)48-22/h9-10,13,15,19-22,24-28,30,38,40-41H,8,11-12,14H2,1-7H3. The molecule has 48 heavy (non-hydrogen) atoms. The molecule has 3 N–H and O–H groups in total. The van der Waals surface area contributed by atoms with Gasteiger partial charge in [-0.05, 0) is 36.8 Å². The minimum Gasteiger partial charge on any atom is -0.472 e. The number of fused-ring (bicyclic) bond motifs is 1. The maximum atomic E-state index is 15.1. The fourth-order valence-corrected chi connectivity index (χ4v) is 11.5. The molecule has 7 rings (SSSR count). The SMILES string of the molecule is CCC(C)C(=O)OC1OCC23C(OC(C)=O)C(OC(C)=O)C(O)C1(C)C2CC(O)C1(C)C3C(=O)C(O)C2(C)C(c3ccoc3)CC3OC321. The van der Waals surface area contributed by atoms with Crippen LogP contribution in [0.4, 0.5) is 0 Å². The number of Topliss-reactive ketones (excluding diaryl/α,β-unsaturated/α-hetero) is 1. The van der Waals surface area contributed by atoms with E-state index in [-0.39, 0.29) is 18.9 Å². The summed E-state index contributed by atoms with van der Waals surface area (Å²) in [6.45, 7) is 10.8. The van der Waals surface area contributed by atoms with E-state index in [0.29, 0.717) is 12.8 Å². The Kier molecular flexibility index (Phi) is 7.42. The number of epoxide rings is 1. The number of aliphatic hydroxyl groups is 3. The number of hydrogen-bond donors (Lipinski definition) is 3. The number of carbonyl (C=O) groups excluding carboxylic acids is 4. The summed E-state index contributed by atoms with van der Waals surface area (Å²) in [5, 5.41) is 36.9. The number of rotatable bonds is 6. The molecule has 6 fully saturated rings. The Balaban J connectivity index is 1.44. The van der Waals surface area contributed by atoms with Crippen molar-refractivity contribution in [2.45, 2.75) is 122 Å². The number of carbonyl (C=O) groups is 4. The van der Waals surface area contributed by atoms with Gasteiger partial charge < -0.3 is 43.4 Å². The van der Waals surface area contributed by atoms with Crippen molar-refractivity contribution in [1.29, 1.82) is 0 Å². The van der Waals surface area contributed by atoms with Crippen LogP contribution in [0.5, 0.6) is 0 Å². The molecule has 0 amide bonds. The summed E-state index contributed by atoms with van der Waals surface area (Å²) in [6.07, 6.45) is -5.11. The molecule has 1 aromatic heterocycles.